The Labute approximate surface area is 215 Å². The van der Waals surface area contributed by atoms with Crippen LogP contribution in [0.1, 0.15) is 37.4 Å². The quantitative estimate of drug-likeness (QED) is 0.375. The molecule has 0 saturated heterocycles. The van der Waals surface area contributed by atoms with E-state index in [9.17, 15) is 9.59 Å². The van der Waals surface area contributed by atoms with E-state index in [1.807, 2.05) is 56.9 Å². The van der Waals surface area contributed by atoms with Crippen molar-refractivity contribution in [3.63, 3.8) is 0 Å². The number of fused-ring (bicyclic) bond motifs is 1. The van der Waals surface area contributed by atoms with E-state index < -0.39 is 5.54 Å². The molecule has 36 heavy (non-hydrogen) atoms. The monoisotopic (exact) mass is 514 g/mol. The van der Waals surface area contributed by atoms with Gasteiger partial charge in [0.2, 0.25) is 5.91 Å². The van der Waals surface area contributed by atoms with Crippen LogP contribution in [-0.2, 0) is 9.53 Å². The molecule has 3 rings (SSSR count). The van der Waals surface area contributed by atoms with Crippen LogP contribution < -0.4 is 21.1 Å². The molecule has 4 N–H and O–H groups in total. The van der Waals surface area contributed by atoms with Crippen molar-refractivity contribution >= 4 is 44.7 Å². The lowest BCUT2D eigenvalue weighted by Crippen LogP contribution is -2.40. The minimum Gasteiger partial charge on any atom is -0.467 e. The third-order valence-electron chi connectivity index (χ3n) is 5.29. The van der Waals surface area contributed by atoms with Crippen molar-refractivity contribution in [3.05, 3.63) is 29.1 Å². The van der Waals surface area contributed by atoms with Gasteiger partial charge in [-0.25, -0.2) is 0 Å². The standard InChI is InChI=1S/C25H34N6O4S/c1-7-31(11-12-34-5)14-17(32)27-16-10-8-9-15(13-16)20-18-19(26)21(22(33)30-25(2,3)4)36-23(18)29-24(28-20)35-6/h8-10,13H,7,11-12,14,26H2,1-6H3,(H,27,32)(H,30,33). The first kappa shape index (κ1) is 27.3. The largest absolute Gasteiger partial charge is 0.467 e. The molecular weight excluding hydrogens is 480 g/mol. The number of nitrogens with two attached hydrogens (primary N) is 1. The summed E-state index contributed by atoms with van der Waals surface area (Å²) < 4.78 is 10.4. The third-order valence-corrected chi connectivity index (χ3v) is 6.39. The van der Waals surface area contributed by atoms with E-state index in [1.54, 1.807) is 7.11 Å². The molecule has 0 aliphatic rings. The van der Waals surface area contributed by atoms with Gasteiger partial charge in [-0.2, -0.15) is 9.97 Å². The number of ether oxygens (including phenoxy) is 2. The second kappa shape index (κ2) is 11.6. The van der Waals surface area contributed by atoms with Gasteiger partial charge in [-0.15, -0.1) is 11.3 Å². The number of hydrogen-bond acceptors (Lipinski definition) is 9. The number of thiophene rings is 1. The highest BCUT2D eigenvalue weighted by Gasteiger charge is 2.25. The van der Waals surface area contributed by atoms with Gasteiger partial charge in [0.05, 0.1) is 37.0 Å². The van der Waals surface area contributed by atoms with Gasteiger partial charge in [0, 0.05) is 30.4 Å². The Bertz CT molecular complexity index is 1240. The summed E-state index contributed by atoms with van der Waals surface area (Å²) in [6.45, 7) is 9.91. The number of carbonyl (C=O) groups excluding carboxylic acids is 2. The summed E-state index contributed by atoms with van der Waals surface area (Å²) in [4.78, 5) is 37.4. The van der Waals surface area contributed by atoms with Crippen LogP contribution >= 0.6 is 11.3 Å². The molecule has 2 aromatic heterocycles. The van der Waals surface area contributed by atoms with Crippen molar-refractivity contribution in [2.45, 2.75) is 33.2 Å². The topological polar surface area (TPSA) is 132 Å². The first-order valence-electron chi connectivity index (χ1n) is 11.6. The zero-order valence-corrected chi connectivity index (χ0v) is 22.4. The number of nitrogen functional groups attached to an aromatic ring is 1. The van der Waals surface area contributed by atoms with E-state index in [0.29, 0.717) is 50.9 Å². The van der Waals surface area contributed by atoms with Crippen molar-refractivity contribution in [1.29, 1.82) is 0 Å². The number of rotatable bonds is 10. The molecule has 0 aliphatic carbocycles. The van der Waals surface area contributed by atoms with Crippen LogP contribution in [0, 0.1) is 0 Å². The van der Waals surface area contributed by atoms with Gasteiger partial charge in [-0.05, 0) is 39.4 Å². The van der Waals surface area contributed by atoms with Crippen molar-refractivity contribution in [2.75, 3.05) is 51.5 Å². The number of nitrogens with one attached hydrogen (secondary N) is 2. The first-order valence-corrected chi connectivity index (χ1v) is 12.5. The number of likely N-dealkylation sites (N-methyl/N-ethyl adjacent to an activating group) is 1. The van der Waals surface area contributed by atoms with E-state index in [2.05, 4.69) is 20.6 Å². The average molecular weight is 515 g/mol. The fourth-order valence-corrected chi connectivity index (χ4v) is 4.57. The highest BCUT2D eigenvalue weighted by molar-refractivity contribution is 7.21. The van der Waals surface area contributed by atoms with Gasteiger partial charge in [0.1, 0.15) is 9.71 Å². The van der Waals surface area contributed by atoms with Crippen molar-refractivity contribution in [1.82, 2.24) is 20.2 Å². The van der Waals surface area contributed by atoms with Gasteiger partial charge >= 0.3 is 6.01 Å². The molecule has 10 nitrogen and oxygen atoms in total. The Morgan fingerprint density at radius 2 is 1.94 bits per heavy atom. The third kappa shape index (κ3) is 6.68. The smallest absolute Gasteiger partial charge is 0.318 e. The summed E-state index contributed by atoms with van der Waals surface area (Å²) in [7, 11) is 3.12. The second-order valence-corrected chi connectivity index (χ2v) is 10.3. The number of anilines is 2. The number of hydrogen-bond donors (Lipinski definition) is 3. The summed E-state index contributed by atoms with van der Waals surface area (Å²) >= 11 is 1.19. The number of benzene rings is 1. The minimum absolute atomic E-state index is 0.133. The number of aromatic nitrogens is 2. The molecule has 0 bridgehead atoms. The summed E-state index contributed by atoms with van der Waals surface area (Å²) in [5.74, 6) is -0.408. The van der Waals surface area contributed by atoms with Gasteiger partial charge in [-0.3, -0.25) is 14.5 Å². The highest BCUT2D eigenvalue weighted by atomic mass is 32.1. The maximum atomic E-state index is 12.9. The highest BCUT2D eigenvalue weighted by Crippen LogP contribution is 2.40. The molecule has 2 amide bonds. The van der Waals surface area contributed by atoms with E-state index in [0.717, 1.165) is 6.54 Å². The van der Waals surface area contributed by atoms with Gasteiger partial charge in [0.25, 0.3) is 5.91 Å². The maximum Gasteiger partial charge on any atom is 0.318 e. The number of amides is 2. The van der Waals surface area contributed by atoms with Crippen LogP contribution in [0.25, 0.3) is 21.5 Å². The minimum atomic E-state index is -0.421. The molecule has 1 aromatic carbocycles. The maximum absolute atomic E-state index is 12.9. The van der Waals surface area contributed by atoms with Crippen LogP contribution in [0.5, 0.6) is 6.01 Å². The van der Waals surface area contributed by atoms with Crippen LogP contribution in [0.4, 0.5) is 11.4 Å². The predicted octanol–water partition coefficient (Wildman–Crippen LogP) is 3.38. The Balaban J connectivity index is 1.96. The SMILES string of the molecule is CCN(CCOC)CC(=O)Nc1cccc(-c2nc(OC)nc3sc(C(=O)NC(C)(C)C)c(N)c23)c1. The molecular formula is C25H34N6O4S. The molecule has 0 spiro atoms. The molecule has 11 heteroatoms. The summed E-state index contributed by atoms with van der Waals surface area (Å²) in [5, 5.41) is 6.46. The van der Waals surface area contributed by atoms with E-state index in [4.69, 9.17) is 15.2 Å². The number of nitrogens with zero attached hydrogens (tertiary/aromatic N) is 3. The zero-order valence-electron chi connectivity index (χ0n) is 21.6. The van der Waals surface area contributed by atoms with Crippen LogP contribution in [0.15, 0.2) is 24.3 Å². The Morgan fingerprint density at radius 1 is 1.19 bits per heavy atom. The van der Waals surface area contributed by atoms with E-state index in [1.165, 1.54) is 18.4 Å². The van der Waals surface area contributed by atoms with Crippen molar-refractivity contribution in [3.8, 4) is 17.3 Å². The van der Waals surface area contributed by atoms with E-state index >= 15 is 0 Å². The molecule has 0 saturated carbocycles. The lowest BCUT2D eigenvalue weighted by atomic mass is 10.1. The Hall–Kier alpha value is -3.28. The summed E-state index contributed by atoms with van der Waals surface area (Å²) in [5.41, 5.74) is 8.19. The molecule has 0 unspecified atom stereocenters. The average Bonchev–Trinajstić information content (AvgIpc) is 3.16. The van der Waals surface area contributed by atoms with E-state index in [-0.39, 0.29) is 24.4 Å². The van der Waals surface area contributed by atoms with Crippen LogP contribution in [0.3, 0.4) is 0 Å². The summed E-state index contributed by atoms with van der Waals surface area (Å²) in [6, 6.07) is 7.47. The predicted molar refractivity (Wildman–Crippen MR) is 144 cm³/mol. The summed E-state index contributed by atoms with van der Waals surface area (Å²) in [6.07, 6.45) is 0. The zero-order chi connectivity index (χ0) is 26.5. The molecule has 0 aliphatic heterocycles. The molecule has 3 aromatic rings. The number of carbonyl (C=O) groups is 2. The Morgan fingerprint density at radius 3 is 2.58 bits per heavy atom. The molecule has 2 heterocycles. The molecule has 194 valence electrons. The van der Waals surface area contributed by atoms with Gasteiger partial charge in [0.15, 0.2) is 0 Å². The molecule has 0 radical (unpaired) electrons. The second-order valence-electron chi connectivity index (χ2n) is 9.28. The first-order chi connectivity index (χ1) is 17.1. The van der Waals surface area contributed by atoms with Gasteiger partial charge < -0.3 is 25.8 Å². The fraction of sp³-hybridized carbons (Fsp3) is 0.440. The van der Waals surface area contributed by atoms with Crippen molar-refractivity contribution in [2.24, 2.45) is 0 Å². The molecule has 0 fully saturated rings. The van der Waals surface area contributed by atoms with Crippen LogP contribution in [-0.4, -0.2) is 72.7 Å². The lowest BCUT2D eigenvalue weighted by Gasteiger charge is -2.20. The molecule has 0 atom stereocenters. The van der Waals surface area contributed by atoms with Crippen molar-refractivity contribution < 1.29 is 19.1 Å². The Kier molecular flexibility index (Phi) is 8.83. The van der Waals surface area contributed by atoms with Crippen LogP contribution in [0.2, 0.25) is 0 Å². The van der Waals surface area contributed by atoms with Gasteiger partial charge in [-0.1, -0.05) is 19.1 Å². The normalized spacial score (nSPS) is 11.6. The lowest BCUT2D eigenvalue weighted by molar-refractivity contribution is -0.117. The number of methoxy groups -OCH3 is 2. The fourth-order valence-electron chi connectivity index (χ4n) is 3.59.